The molecule has 2 amide bonds. The number of aliphatic carboxylic acids is 1. The van der Waals surface area contributed by atoms with Crippen LogP contribution in [0.4, 0.5) is 13.2 Å². The first-order valence-electron chi connectivity index (χ1n) is 10.8. The van der Waals surface area contributed by atoms with Gasteiger partial charge >= 0.3 is 12.1 Å². The lowest BCUT2D eigenvalue weighted by atomic mass is 9.79. The minimum atomic E-state index is -5.08. The molecule has 0 radical (unpaired) electrons. The zero-order valence-corrected chi connectivity index (χ0v) is 18.3. The Hall–Kier alpha value is -3.17. The molecule has 2 aliphatic heterocycles. The Bertz CT molecular complexity index is 1040. The van der Waals surface area contributed by atoms with E-state index in [0.717, 1.165) is 49.7 Å². The van der Waals surface area contributed by atoms with Crippen molar-refractivity contribution in [2.24, 2.45) is 0 Å². The predicted octanol–water partition coefficient (Wildman–Crippen LogP) is 3.88. The maximum atomic E-state index is 13.1. The average Bonchev–Trinajstić information content (AvgIpc) is 2.78. The fourth-order valence-electron chi connectivity index (χ4n) is 4.67. The fourth-order valence-corrected chi connectivity index (χ4v) is 4.67. The lowest BCUT2D eigenvalue weighted by molar-refractivity contribution is -0.192. The van der Waals surface area contributed by atoms with Crippen LogP contribution in [-0.2, 0) is 9.59 Å². The molecule has 1 atom stereocenters. The maximum Gasteiger partial charge on any atom is 0.490 e. The second kappa shape index (κ2) is 9.76. The van der Waals surface area contributed by atoms with Crippen LogP contribution < -0.4 is 0 Å². The fraction of sp³-hybridized carbons (Fsp3) is 0.478. The number of amides is 2. The van der Waals surface area contributed by atoms with E-state index in [9.17, 15) is 22.8 Å². The topological polar surface area (TPSA) is 90.8 Å². The molecular weight excluding hydrogens is 439 g/mol. The molecule has 1 aromatic carbocycles. The van der Waals surface area contributed by atoms with Gasteiger partial charge in [-0.3, -0.25) is 9.59 Å². The van der Waals surface area contributed by atoms with Gasteiger partial charge in [0, 0.05) is 31.4 Å². The highest BCUT2D eigenvalue weighted by Gasteiger charge is 2.45. The number of alkyl halides is 3. The molecule has 4 rings (SSSR count). The van der Waals surface area contributed by atoms with Crippen LogP contribution in [0.1, 0.15) is 49.5 Å². The number of halogens is 3. The van der Waals surface area contributed by atoms with Crippen molar-refractivity contribution in [2.75, 3.05) is 19.6 Å². The Morgan fingerprint density at radius 1 is 1.12 bits per heavy atom. The number of aromatic nitrogens is 1. The third-order valence-corrected chi connectivity index (χ3v) is 6.13. The number of carboxylic acid groups (broad SMARTS) is 1. The van der Waals surface area contributed by atoms with E-state index in [1.807, 2.05) is 53.1 Å². The molecule has 3 heterocycles. The van der Waals surface area contributed by atoms with E-state index in [0.29, 0.717) is 18.7 Å². The molecule has 33 heavy (non-hydrogen) atoms. The molecule has 0 saturated carbocycles. The lowest BCUT2D eigenvalue weighted by Crippen LogP contribution is -2.63. The molecule has 2 aromatic rings. The van der Waals surface area contributed by atoms with E-state index < -0.39 is 12.1 Å². The van der Waals surface area contributed by atoms with Crippen LogP contribution in [-0.4, -0.2) is 69.0 Å². The van der Waals surface area contributed by atoms with Crippen LogP contribution in [0, 0.1) is 0 Å². The van der Waals surface area contributed by atoms with E-state index in [4.69, 9.17) is 9.90 Å². The number of rotatable bonds is 2. The predicted molar refractivity (Wildman–Crippen MR) is 115 cm³/mol. The van der Waals surface area contributed by atoms with Crippen molar-refractivity contribution in [3.05, 3.63) is 42.1 Å². The zero-order valence-electron chi connectivity index (χ0n) is 18.3. The molecular formula is C23H26F3N3O4. The number of fused-ring (bicyclic) bond motifs is 1. The minimum Gasteiger partial charge on any atom is -0.475 e. The Kier molecular flexibility index (Phi) is 7.24. The summed E-state index contributed by atoms with van der Waals surface area (Å²) in [5, 5.41) is 8.16. The quantitative estimate of drug-likeness (QED) is 0.727. The van der Waals surface area contributed by atoms with E-state index in [2.05, 4.69) is 4.98 Å². The monoisotopic (exact) mass is 465 g/mol. The highest BCUT2D eigenvalue weighted by molar-refractivity contribution is 5.95. The smallest absolute Gasteiger partial charge is 0.475 e. The van der Waals surface area contributed by atoms with Crippen LogP contribution in [0.3, 0.4) is 0 Å². The van der Waals surface area contributed by atoms with Gasteiger partial charge in [-0.05, 0) is 44.7 Å². The minimum absolute atomic E-state index is 0.0242. The number of carbonyl (C=O) groups is 3. The molecule has 178 valence electrons. The SMILES string of the molecule is CCN1C(=O)CCCC12CCCN(C(=O)c1ccc3ccccc3n1)C2.O=C(O)C(F)(F)F. The summed E-state index contributed by atoms with van der Waals surface area (Å²) in [6.45, 7) is 4.12. The van der Waals surface area contributed by atoms with Gasteiger partial charge < -0.3 is 14.9 Å². The maximum absolute atomic E-state index is 13.1. The zero-order chi connectivity index (χ0) is 24.2. The summed E-state index contributed by atoms with van der Waals surface area (Å²) in [4.78, 5) is 42.9. The standard InChI is InChI=1S/C21H25N3O2.C2HF3O2/c1-2-24-19(25)9-5-12-21(24)13-6-14-23(15-21)20(26)18-11-10-16-7-3-4-8-17(16)22-18;3-2(4,5)1(6)7/h3-4,7-8,10-11H,2,5-6,9,12-15H2,1H3;(H,6,7). The number of carbonyl (C=O) groups excluding carboxylic acids is 2. The molecule has 2 aliphatic rings. The van der Waals surface area contributed by atoms with Gasteiger partial charge in [-0.2, -0.15) is 13.2 Å². The molecule has 2 fully saturated rings. The van der Waals surface area contributed by atoms with Crippen molar-refractivity contribution < 1.29 is 32.7 Å². The van der Waals surface area contributed by atoms with Gasteiger partial charge in [0.2, 0.25) is 5.91 Å². The second-order valence-electron chi connectivity index (χ2n) is 8.24. The normalized spacial score (nSPS) is 21.0. The number of hydrogen-bond acceptors (Lipinski definition) is 4. The number of hydrogen-bond donors (Lipinski definition) is 1. The van der Waals surface area contributed by atoms with Crippen LogP contribution in [0.2, 0.25) is 0 Å². The van der Waals surface area contributed by atoms with Gasteiger partial charge in [-0.25, -0.2) is 9.78 Å². The highest BCUT2D eigenvalue weighted by Crippen LogP contribution is 2.37. The summed E-state index contributed by atoms with van der Waals surface area (Å²) in [7, 11) is 0. The van der Waals surface area contributed by atoms with Gasteiger partial charge in [0.05, 0.1) is 11.1 Å². The lowest BCUT2D eigenvalue weighted by Gasteiger charge is -2.51. The second-order valence-corrected chi connectivity index (χ2v) is 8.24. The number of likely N-dealkylation sites (tertiary alicyclic amines) is 2. The van der Waals surface area contributed by atoms with Crippen molar-refractivity contribution in [1.82, 2.24) is 14.8 Å². The van der Waals surface area contributed by atoms with Crippen molar-refractivity contribution in [1.29, 1.82) is 0 Å². The van der Waals surface area contributed by atoms with Crippen LogP contribution in [0.15, 0.2) is 36.4 Å². The van der Waals surface area contributed by atoms with Crippen molar-refractivity contribution in [3.8, 4) is 0 Å². The largest absolute Gasteiger partial charge is 0.490 e. The van der Waals surface area contributed by atoms with Crippen LogP contribution in [0.25, 0.3) is 10.9 Å². The first-order chi connectivity index (χ1) is 15.6. The summed E-state index contributed by atoms with van der Waals surface area (Å²) in [5.41, 5.74) is 1.15. The van der Waals surface area contributed by atoms with E-state index in [-0.39, 0.29) is 17.4 Å². The number of piperidine rings is 2. The van der Waals surface area contributed by atoms with Crippen molar-refractivity contribution >= 4 is 28.7 Å². The molecule has 1 unspecified atom stereocenters. The summed E-state index contributed by atoms with van der Waals surface area (Å²) >= 11 is 0. The third kappa shape index (κ3) is 5.43. The molecule has 1 N–H and O–H groups in total. The number of benzene rings is 1. The first-order valence-corrected chi connectivity index (χ1v) is 10.8. The van der Waals surface area contributed by atoms with Gasteiger partial charge in [0.15, 0.2) is 0 Å². The first kappa shape index (κ1) is 24.5. The molecule has 0 bridgehead atoms. The van der Waals surface area contributed by atoms with Crippen LogP contribution >= 0.6 is 0 Å². The Balaban J connectivity index is 0.000000383. The third-order valence-electron chi connectivity index (χ3n) is 6.13. The summed E-state index contributed by atoms with van der Waals surface area (Å²) in [6.07, 6.45) is -0.618. The number of likely N-dealkylation sites (N-methyl/N-ethyl adjacent to an activating group) is 1. The number of para-hydroxylation sites is 1. The number of pyridine rings is 1. The van der Waals surface area contributed by atoms with E-state index in [1.54, 1.807) is 0 Å². The van der Waals surface area contributed by atoms with Crippen molar-refractivity contribution in [2.45, 2.75) is 50.7 Å². The summed E-state index contributed by atoms with van der Waals surface area (Å²) in [6, 6.07) is 11.6. The summed E-state index contributed by atoms with van der Waals surface area (Å²) < 4.78 is 31.7. The molecule has 2 saturated heterocycles. The average molecular weight is 465 g/mol. The molecule has 1 aromatic heterocycles. The van der Waals surface area contributed by atoms with Gasteiger partial charge in [-0.1, -0.05) is 24.3 Å². The van der Waals surface area contributed by atoms with E-state index >= 15 is 0 Å². The molecule has 1 spiro atoms. The molecule has 10 heteroatoms. The Morgan fingerprint density at radius 2 is 1.79 bits per heavy atom. The molecule has 0 aliphatic carbocycles. The molecule has 7 nitrogen and oxygen atoms in total. The number of carboxylic acids is 1. The summed E-state index contributed by atoms with van der Waals surface area (Å²) in [5.74, 6) is -2.55. The highest BCUT2D eigenvalue weighted by atomic mass is 19.4. The van der Waals surface area contributed by atoms with E-state index in [1.165, 1.54) is 0 Å². The Labute approximate surface area is 189 Å². The van der Waals surface area contributed by atoms with Crippen LogP contribution in [0.5, 0.6) is 0 Å². The van der Waals surface area contributed by atoms with Gasteiger partial charge in [-0.15, -0.1) is 0 Å². The Morgan fingerprint density at radius 3 is 2.45 bits per heavy atom. The number of nitrogens with zero attached hydrogens (tertiary/aromatic N) is 3. The van der Waals surface area contributed by atoms with Gasteiger partial charge in [0.1, 0.15) is 5.69 Å². The van der Waals surface area contributed by atoms with Gasteiger partial charge in [0.25, 0.3) is 5.91 Å². The van der Waals surface area contributed by atoms with Crippen molar-refractivity contribution in [3.63, 3.8) is 0 Å².